The molecule has 4 fully saturated rings. The molecule has 1 aliphatic carbocycles. The minimum Gasteiger partial charge on any atom is -0.394 e. The summed E-state index contributed by atoms with van der Waals surface area (Å²) in [5, 5.41) is 16.8. The van der Waals surface area contributed by atoms with Gasteiger partial charge in [0.25, 0.3) is 0 Å². The van der Waals surface area contributed by atoms with Crippen molar-refractivity contribution in [3.8, 4) is 0 Å². The van der Waals surface area contributed by atoms with Crippen LogP contribution < -0.4 is 10.6 Å². The van der Waals surface area contributed by atoms with Gasteiger partial charge in [-0.25, -0.2) is 0 Å². The van der Waals surface area contributed by atoms with E-state index < -0.39 is 28.7 Å². The molecule has 3 saturated heterocycles. The van der Waals surface area contributed by atoms with Crippen molar-refractivity contribution in [2.24, 2.45) is 23.7 Å². The van der Waals surface area contributed by atoms with E-state index >= 15 is 0 Å². The summed E-state index contributed by atoms with van der Waals surface area (Å²) in [6.07, 6.45) is 6.14. The Bertz CT molecular complexity index is 1010. The molecule has 7 atom stereocenters. The van der Waals surface area contributed by atoms with Crippen LogP contribution in [0.25, 0.3) is 0 Å². The highest BCUT2D eigenvalue weighted by molar-refractivity contribution is 8.02. The highest BCUT2D eigenvalue weighted by atomic mass is 32.2. The Balaban J connectivity index is 1.47. The van der Waals surface area contributed by atoms with E-state index in [9.17, 15) is 19.5 Å². The number of amides is 3. The van der Waals surface area contributed by atoms with Crippen LogP contribution in [-0.2, 0) is 20.9 Å². The molecule has 3 unspecified atom stereocenters. The zero-order valence-corrected chi connectivity index (χ0v) is 23.0. The molecule has 37 heavy (non-hydrogen) atoms. The number of likely N-dealkylation sites (tertiary alicyclic amines) is 1. The zero-order chi connectivity index (χ0) is 26.3. The molecule has 0 aromatic heterocycles. The first-order valence-corrected chi connectivity index (χ1v) is 14.9. The Morgan fingerprint density at radius 1 is 1.14 bits per heavy atom. The predicted molar refractivity (Wildman–Crippen MR) is 145 cm³/mol. The number of thioether (sulfide) groups is 1. The summed E-state index contributed by atoms with van der Waals surface area (Å²) in [6, 6.07) is 8.77. The van der Waals surface area contributed by atoms with Crippen LogP contribution >= 0.6 is 11.8 Å². The number of nitrogens with zero attached hydrogens (tertiary/aromatic N) is 1. The van der Waals surface area contributed by atoms with Crippen molar-refractivity contribution in [2.45, 2.75) is 94.0 Å². The van der Waals surface area contributed by atoms with Crippen molar-refractivity contribution in [1.82, 2.24) is 15.5 Å². The Morgan fingerprint density at radius 3 is 2.49 bits per heavy atom. The lowest BCUT2D eigenvalue weighted by Gasteiger charge is -2.41. The van der Waals surface area contributed by atoms with Gasteiger partial charge in [-0.2, -0.15) is 0 Å². The minimum atomic E-state index is -0.677. The number of carbonyl (C=O) groups is 3. The van der Waals surface area contributed by atoms with Gasteiger partial charge in [-0.3, -0.25) is 14.4 Å². The summed E-state index contributed by atoms with van der Waals surface area (Å²) in [5.41, 5.74) is 1.01. The quantitative estimate of drug-likeness (QED) is 0.483. The Hall–Kier alpha value is -2.06. The first-order chi connectivity index (χ1) is 17.8. The summed E-state index contributed by atoms with van der Waals surface area (Å²) < 4.78 is -0.655. The molecule has 3 aliphatic heterocycles. The molecule has 8 heteroatoms. The molecule has 1 aromatic rings. The van der Waals surface area contributed by atoms with Crippen molar-refractivity contribution >= 4 is 29.5 Å². The number of nitrogens with one attached hydrogen (secondary N) is 2. The summed E-state index contributed by atoms with van der Waals surface area (Å²) in [7, 11) is 0. The molecule has 3 heterocycles. The van der Waals surface area contributed by atoms with Crippen molar-refractivity contribution in [2.75, 3.05) is 6.61 Å². The second kappa shape index (κ2) is 10.6. The molecule has 2 bridgehead atoms. The Kier molecular flexibility index (Phi) is 7.60. The van der Waals surface area contributed by atoms with Crippen LogP contribution in [0.1, 0.15) is 64.9 Å². The number of benzene rings is 1. The van der Waals surface area contributed by atoms with Crippen LogP contribution in [0.2, 0.25) is 0 Å². The smallest absolute Gasteiger partial charge is 0.244 e. The molecule has 1 spiro atoms. The van der Waals surface area contributed by atoms with Crippen LogP contribution in [-0.4, -0.2) is 62.5 Å². The van der Waals surface area contributed by atoms with Crippen molar-refractivity contribution < 1.29 is 19.5 Å². The van der Waals surface area contributed by atoms with Gasteiger partial charge in [-0.15, -0.1) is 11.8 Å². The number of rotatable bonds is 8. The van der Waals surface area contributed by atoms with Gasteiger partial charge >= 0.3 is 0 Å². The second-order valence-electron chi connectivity index (χ2n) is 11.8. The van der Waals surface area contributed by atoms with E-state index in [0.717, 1.165) is 37.7 Å². The molecule has 0 radical (unpaired) electrons. The van der Waals surface area contributed by atoms with Gasteiger partial charge in [0, 0.05) is 17.8 Å². The third-order valence-electron chi connectivity index (χ3n) is 9.31. The average Bonchev–Trinajstić information content (AvgIpc) is 3.48. The fraction of sp³-hybridized carbons (Fsp3) is 0.690. The first-order valence-electron chi connectivity index (χ1n) is 14.0. The minimum absolute atomic E-state index is 0.0125. The number of aliphatic hydroxyl groups excluding tert-OH is 1. The van der Waals surface area contributed by atoms with Crippen molar-refractivity contribution in [3.63, 3.8) is 0 Å². The van der Waals surface area contributed by atoms with E-state index in [-0.39, 0.29) is 47.5 Å². The van der Waals surface area contributed by atoms with Gasteiger partial charge in [0.1, 0.15) is 6.04 Å². The van der Waals surface area contributed by atoms with E-state index in [1.807, 2.05) is 44.2 Å². The van der Waals surface area contributed by atoms with Crippen LogP contribution in [0.4, 0.5) is 0 Å². The lowest BCUT2D eigenvalue weighted by Crippen LogP contribution is -2.60. The van der Waals surface area contributed by atoms with Gasteiger partial charge < -0.3 is 20.6 Å². The summed E-state index contributed by atoms with van der Waals surface area (Å²) in [4.78, 5) is 43.6. The van der Waals surface area contributed by atoms with E-state index in [2.05, 4.69) is 17.6 Å². The SMILES string of the molecule is CC(C)[C@H](CO)N1C(=O)[C@@H]2[C@@H](C(=O)NCc3ccccc3)[C@H]3CC(C)C2(S3)C1C(=O)NC1CCCCC1. The fourth-order valence-electron chi connectivity index (χ4n) is 7.47. The topological polar surface area (TPSA) is 98.7 Å². The van der Waals surface area contributed by atoms with Crippen LogP contribution in [0, 0.1) is 23.7 Å². The molecule has 4 aliphatic rings. The normalized spacial score (nSPS) is 34.0. The van der Waals surface area contributed by atoms with Crippen LogP contribution in [0.3, 0.4) is 0 Å². The second-order valence-corrected chi connectivity index (χ2v) is 13.4. The lowest BCUT2D eigenvalue weighted by molar-refractivity contribution is -0.144. The molecular weight excluding hydrogens is 486 g/mol. The summed E-state index contributed by atoms with van der Waals surface area (Å²) in [5.74, 6) is -1.28. The summed E-state index contributed by atoms with van der Waals surface area (Å²) >= 11 is 1.70. The number of fused-ring (bicyclic) bond motifs is 1. The van der Waals surface area contributed by atoms with E-state index in [1.165, 1.54) is 6.42 Å². The summed E-state index contributed by atoms with van der Waals surface area (Å²) in [6.45, 7) is 6.31. The maximum atomic E-state index is 14.3. The monoisotopic (exact) mass is 527 g/mol. The Morgan fingerprint density at radius 2 is 1.84 bits per heavy atom. The highest BCUT2D eigenvalue weighted by Gasteiger charge is 2.76. The van der Waals surface area contributed by atoms with E-state index in [1.54, 1.807) is 16.7 Å². The predicted octanol–water partition coefficient (Wildman–Crippen LogP) is 3.11. The number of hydrogen-bond acceptors (Lipinski definition) is 5. The van der Waals surface area contributed by atoms with Gasteiger partial charge in [0.15, 0.2) is 0 Å². The van der Waals surface area contributed by atoms with Crippen LogP contribution in [0.5, 0.6) is 0 Å². The van der Waals surface area contributed by atoms with Crippen LogP contribution in [0.15, 0.2) is 30.3 Å². The number of carbonyl (C=O) groups excluding carboxylic acids is 3. The largest absolute Gasteiger partial charge is 0.394 e. The lowest BCUT2D eigenvalue weighted by atomic mass is 9.65. The molecule has 3 amide bonds. The molecule has 3 N–H and O–H groups in total. The Labute approximate surface area is 224 Å². The molecule has 1 aromatic carbocycles. The molecule has 7 nitrogen and oxygen atoms in total. The first kappa shape index (κ1) is 26.5. The van der Waals surface area contributed by atoms with Gasteiger partial charge in [0.2, 0.25) is 17.7 Å². The van der Waals surface area contributed by atoms with Crippen molar-refractivity contribution in [3.05, 3.63) is 35.9 Å². The average molecular weight is 528 g/mol. The number of aliphatic hydroxyl groups is 1. The maximum Gasteiger partial charge on any atom is 0.244 e. The fourth-order valence-corrected chi connectivity index (χ4v) is 9.87. The van der Waals surface area contributed by atoms with Gasteiger partial charge in [0.05, 0.1) is 29.2 Å². The number of hydrogen-bond donors (Lipinski definition) is 3. The van der Waals surface area contributed by atoms with Gasteiger partial charge in [-0.1, -0.05) is 70.4 Å². The highest BCUT2D eigenvalue weighted by Crippen LogP contribution is 2.68. The standard InChI is InChI=1S/C29H41N3O4S/c1-17(2)21(16-33)32-25(27(35)31-20-12-8-5-9-13-20)29-18(3)14-22(37-29)23(24(29)28(32)36)26(34)30-15-19-10-6-4-7-11-19/h4,6-7,10-11,17-18,20-25,33H,5,8-9,12-16H2,1-3H3,(H,30,34)(H,31,35)/t18?,21-,22+,23-,24-,25?,29?/m0/s1. The molecule has 1 saturated carbocycles. The van der Waals surface area contributed by atoms with Gasteiger partial charge in [-0.05, 0) is 36.7 Å². The maximum absolute atomic E-state index is 14.3. The van der Waals surface area contributed by atoms with Crippen molar-refractivity contribution in [1.29, 1.82) is 0 Å². The molecule has 5 rings (SSSR count). The third-order valence-corrected chi connectivity index (χ3v) is 11.4. The van der Waals surface area contributed by atoms with E-state index in [0.29, 0.717) is 6.54 Å². The zero-order valence-electron chi connectivity index (χ0n) is 22.2. The molecule has 202 valence electrons. The van der Waals surface area contributed by atoms with E-state index in [4.69, 9.17) is 0 Å². The molecular formula is C29H41N3O4S. The third kappa shape index (κ3) is 4.48.